The maximum absolute atomic E-state index is 11.3. The van der Waals surface area contributed by atoms with Crippen molar-refractivity contribution in [1.82, 2.24) is 0 Å². The van der Waals surface area contributed by atoms with Gasteiger partial charge in [-0.25, -0.2) is 14.8 Å². The van der Waals surface area contributed by atoms with Crippen LogP contribution >= 0.6 is 21.6 Å². The predicted molar refractivity (Wildman–Crippen MR) is 140 cm³/mol. The second kappa shape index (κ2) is 9.14. The molecule has 0 aromatic heterocycles. The highest BCUT2D eigenvalue weighted by Crippen LogP contribution is 2.77. The van der Waals surface area contributed by atoms with Crippen LogP contribution in [0.3, 0.4) is 0 Å². The molecule has 2 aliphatic carbocycles. The van der Waals surface area contributed by atoms with Crippen molar-refractivity contribution in [3.63, 3.8) is 0 Å². The van der Waals surface area contributed by atoms with Gasteiger partial charge in [-0.15, -0.1) is 0 Å². The van der Waals surface area contributed by atoms with E-state index in [-0.39, 0.29) is 6.10 Å². The maximum Gasteiger partial charge on any atom is 0.404 e. The van der Waals surface area contributed by atoms with Crippen LogP contribution in [0, 0.1) is 28.6 Å². The molecule has 0 bridgehead atoms. The van der Waals surface area contributed by atoms with Crippen LogP contribution in [0.15, 0.2) is 11.6 Å². The molecule has 0 aromatic rings. The van der Waals surface area contributed by atoms with Gasteiger partial charge in [-0.2, -0.15) is 0 Å². The molecule has 184 valence electrons. The van der Waals surface area contributed by atoms with Crippen LogP contribution in [0.1, 0.15) is 98.8 Å². The number of ether oxygens (including phenoxy) is 1. The highest BCUT2D eigenvalue weighted by atomic mass is 35.5. The average Bonchev–Trinajstić information content (AvgIpc) is 3.06. The molecule has 0 spiro atoms. The van der Waals surface area contributed by atoms with Gasteiger partial charge in [0.2, 0.25) is 0 Å². The van der Waals surface area contributed by atoms with Gasteiger partial charge in [0.25, 0.3) is 0 Å². The first-order valence-electron chi connectivity index (χ1n) is 13.3. The number of fused-ring (bicyclic) bond motifs is 5. The SMILES string of the molecule is CC(C)CCC[C@@H](C)C1CCC2C1(C)CCC1C3(C)CCC(OC(=O)Cl)CC3=CCS12C. The number of hydrogen-bond donors (Lipinski definition) is 0. The minimum Gasteiger partial charge on any atom is -0.450 e. The third-order valence-electron chi connectivity index (χ3n) is 10.5. The highest BCUT2D eigenvalue weighted by molar-refractivity contribution is 8.34. The van der Waals surface area contributed by atoms with Crippen LogP contribution in [-0.4, -0.2) is 34.0 Å². The quantitative estimate of drug-likeness (QED) is 0.279. The Labute approximate surface area is 204 Å². The Morgan fingerprint density at radius 3 is 2.56 bits per heavy atom. The largest absolute Gasteiger partial charge is 0.450 e. The first-order valence-corrected chi connectivity index (χ1v) is 16.0. The van der Waals surface area contributed by atoms with E-state index in [1.165, 1.54) is 50.7 Å². The normalized spacial score (nSPS) is 46.3. The summed E-state index contributed by atoms with van der Waals surface area (Å²) in [5.74, 6) is 3.91. The molecule has 4 heteroatoms. The molecule has 0 amide bonds. The van der Waals surface area contributed by atoms with Gasteiger partial charge in [-0.05, 0) is 89.6 Å². The standard InChI is InChI=1S/C28H47ClO2S/c1-19(2)8-7-9-20(3)23-10-11-24-28(23,5)16-13-25-27(4)15-12-22(31-26(29)30)18-21(27)14-17-32(24,25)6/h14,19-20,22-25H,7-13,15-18H2,1-6H3/t20-,22?,23?,24?,25?,27?,28?/m1/s1. The van der Waals surface area contributed by atoms with Crippen molar-refractivity contribution in [1.29, 1.82) is 0 Å². The summed E-state index contributed by atoms with van der Waals surface area (Å²) >= 11 is 5.54. The third kappa shape index (κ3) is 4.21. The number of rotatable bonds is 6. The number of carbonyl (C=O) groups is 1. The van der Waals surface area contributed by atoms with Gasteiger partial charge < -0.3 is 4.74 Å². The molecule has 2 aliphatic heterocycles. The van der Waals surface area contributed by atoms with E-state index in [4.69, 9.17) is 16.3 Å². The number of hydrogen-bond acceptors (Lipinski definition) is 2. The second-order valence-corrected chi connectivity index (χ2v) is 17.0. The zero-order chi connectivity index (χ0) is 23.3. The van der Waals surface area contributed by atoms with E-state index in [1.807, 2.05) is 0 Å². The van der Waals surface area contributed by atoms with Crippen LogP contribution < -0.4 is 0 Å². The minimum absolute atomic E-state index is 0.0184. The molecule has 1 saturated heterocycles. The monoisotopic (exact) mass is 482 g/mol. The van der Waals surface area contributed by atoms with E-state index in [2.05, 4.69) is 47.0 Å². The predicted octanol–water partition coefficient (Wildman–Crippen LogP) is 8.70. The summed E-state index contributed by atoms with van der Waals surface area (Å²) in [4.78, 5) is 11.3. The average molecular weight is 483 g/mol. The van der Waals surface area contributed by atoms with E-state index in [9.17, 15) is 4.79 Å². The molecule has 0 N–H and O–H groups in total. The molecule has 3 fully saturated rings. The Balaban J connectivity index is 1.52. The minimum atomic E-state index is -0.698. The molecular formula is C28H47ClO2S. The van der Waals surface area contributed by atoms with Gasteiger partial charge in [0, 0.05) is 18.0 Å². The van der Waals surface area contributed by atoms with Crippen molar-refractivity contribution in [2.24, 2.45) is 28.6 Å². The summed E-state index contributed by atoms with van der Waals surface area (Å²) < 4.78 is 5.41. The fourth-order valence-corrected chi connectivity index (χ4v) is 14.8. The molecule has 32 heavy (non-hydrogen) atoms. The van der Waals surface area contributed by atoms with E-state index < -0.39 is 15.5 Å². The first kappa shape index (κ1) is 25.0. The van der Waals surface area contributed by atoms with Crippen molar-refractivity contribution >= 4 is 27.1 Å². The molecule has 0 radical (unpaired) electrons. The fourth-order valence-electron chi connectivity index (χ4n) is 8.90. The molecule has 7 unspecified atom stereocenters. The summed E-state index contributed by atoms with van der Waals surface area (Å²) in [5, 5.41) is 1.77. The molecule has 2 saturated carbocycles. The van der Waals surface area contributed by atoms with Crippen molar-refractivity contribution in [2.45, 2.75) is 115 Å². The van der Waals surface area contributed by atoms with Crippen LogP contribution in [0.2, 0.25) is 0 Å². The summed E-state index contributed by atoms with van der Waals surface area (Å²) in [5.41, 5.74) is 1.78. The summed E-state index contributed by atoms with van der Waals surface area (Å²) in [6.45, 7) is 12.5. The van der Waals surface area contributed by atoms with Gasteiger partial charge in [0.15, 0.2) is 0 Å². The lowest BCUT2D eigenvalue weighted by Gasteiger charge is -2.66. The van der Waals surface area contributed by atoms with Crippen LogP contribution in [-0.2, 0) is 4.74 Å². The van der Waals surface area contributed by atoms with Crippen molar-refractivity contribution in [3.05, 3.63) is 11.6 Å². The van der Waals surface area contributed by atoms with Gasteiger partial charge in [-0.1, -0.05) is 65.5 Å². The van der Waals surface area contributed by atoms with Gasteiger partial charge >= 0.3 is 5.43 Å². The van der Waals surface area contributed by atoms with Crippen LogP contribution in [0.25, 0.3) is 0 Å². The maximum atomic E-state index is 11.3. The van der Waals surface area contributed by atoms with E-state index in [1.54, 1.807) is 5.57 Å². The zero-order valence-corrected chi connectivity index (χ0v) is 23.0. The third-order valence-corrected chi connectivity index (χ3v) is 15.6. The zero-order valence-electron chi connectivity index (χ0n) is 21.4. The topological polar surface area (TPSA) is 26.3 Å². The lowest BCUT2D eigenvalue weighted by molar-refractivity contribution is 0.0771. The highest BCUT2D eigenvalue weighted by Gasteiger charge is 2.62. The Bertz CT molecular complexity index is 750. The Hall–Kier alpha value is -0.150. The van der Waals surface area contributed by atoms with Crippen molar-refractivity contribution in [3.8, 4) is 0 Å². The lowest BCUT2D eigenvalue weighted by atomic mass is 9.64. The molecular weight excluding hydrogens is 436 g/mol. The molecule has 2 heterocycles. The lowest BCUT2D eigenvalue weighted by Crippen LogP contribution is -2.54. The number of carbonyl (C=O) groups excluding carboxylic acids is 1. The summed E-state index contributed by atoms with van der Waals surface area (Å²) in [6.07, 6.45) is 18.3. The summed E-state index contributed by atoms with van der Waals surface area (Å²) in [6, 6.07) is 0. The van der Waals surface area contributed by atoms with E-state index in [0.717, 1.165) is 47.5 Å². The van der Waals surface area contributed by atoms with E-state index >= 15 is 0 Å². The Kier molecular flexibility index (Phi) is 7.13. The van der Waals surface area contributed by atoms with Crippen LogP contribution in [0.5, 0.6) is 0 Å². The molecule has 0 aromatic carbocycles. The smallest absolute Gasteiger partial charge is 0.404 e. The first-order chi connectivity index (χ1) is 15.0. The van der Waals surface area contributed by atoms with Crippen LogP contribution in [0.4, 0.5) is 4.79 Å². The van der Waals surface area contributed by atoms with Gasteiger partial charge in [-0.3, -0.25) is 0 Å². The fraction of sp³-hybridized carbons (Fsp3) is 0.893. The van der Waals surface area contributed by atoms with E-state index in [0.29, 0.717) is 10.8 Å². The van der Waals surface area contributed by atoms with Crippen molar-refractivity contribution < 1.29 is 9.53 Å². The van der Waals surface area contributed by atoms with Crippen molar-refractivity contribution in [2.75, 3.05) is 12.0 Å². The van der Waals surface area contributed by atoms with Gasteiger partial charge in [0.1, 0.15) is 6.10 Å². The molecule has 8 atom stereocenters. The molecule has 4 aliphatic rings. The summed E-state index contributed by atoms with van der Waals surface area (Å²) in [7, 11) is -0.698. The molecule has 4 rings (SSSR count). The second-order valence-electron chi connectivity index (χ2n) is 12.8. The Morgan fingerprint density at radius 1 is 1.12 bits per heavy atom. The van der Waals surface area contributed by atoms with Gasteiger partial charge in [0.05, 0.1) is 0 Å². The Morgan fingerprint density at radius 2 is 1.88 bits per heavy atom. The molecule has 2 nitrogen and oxygen atoms in total. The number of halogens is 1.